The van der Waals surface area contributed by atoms with Crippen molar-refractivity contribution in [2.75, 3.05) is 18.8 Å². The number of fused-ring (bicyclic) bond motifs is 1. The van der Waals surface area contributed by atoms with Crippen molar-refractivity contribution < 1.29 is 27.1 Å². The number of amides is 1. The summed E-state index contributed by atoms with van der Waals surface area (Å²) in [7, 11) is 0. The molecule has 0 aliphatic carbocycles. The summed E-state index contributed by atoms with van der Waals surface area (Å²) in [5.41, 5.74) is 6.60. The molecule has 1 unspecified atom stereocenters. The molecule has 1 aliphatic heterocycles. The van der Waals surface area contributed by atoms with Gasteiger partial charge in [0.05, 0.1) is 22.3 Å². The summed E-state index contributed by atoms with van der Waals surface area (Å²) in [6.07, 6.45) is 0.737. The Bertz CT molecular complexity index is 1530. The van der Waals surface area contributed by atoms with Gasteiger partial charge in [-0.3, -0.25) is 9.20 Å². The molecule has 1 saturated heterocycles. The van der Waals surface area contributed by atoms with Gasteiger partial charge >= 0.3 is 6.18 Å². The molecule has 4 heterocycles. The van der Waals surface area contributed by atoms with Crippen LogP contribution < -0.4 is 10.5 Å². The number of piperidine rings is 1. The summed E-state index contributed by atoms with van der Waals surface area (Å²) in [6, 6.07) is 7.11. The van der Waals surface area contributed by atoms with E-state index >= 15 is 4.39 Å². The van der Waals surface area contributed by atoms with E-state index < -0.39 is 17.6 Å². The lowest BCUT2D eigenvalue weighted by Gasteiger charge is -2.31. The summed E-state index contributed by atoms with van der Waals surface area (Å²) < 4.78 is 61.3. The highest BCUT2D eigenvalue weighted by molar-refractivity contribution is 5.87. The van der Waals surface area contributed by atoms with E-state index in [1.165, 1.54) is 28.8 Å². The Kier molecular flexibility index (Phi) is 6.47. The molecular weight excluding hydrogens is 504 g/mol. The molecule has 0 spiro atoms. The third kappa shape index (κ3) is 4.76. The molecule has 3 aromatic heterocycles. The van der Waals surface area contributed by atoms with Crippen LogP contribution in [-0.4, -0.2) is 43.2 Å². The summed E-state index contributed by atoms with van der Waals surface area (Å²) in [5, 5.41) is 0. The molecule has 4 aromatic rings. The minimum absolute atomic E-state index is 0.0453. The lowest BCUT2D eigenvalue weighted by Crippen LogP contribution is -2.38. The number of nitrogens with zero attached hydrogens (tertiary/aromatic N) is 5. The zero-order chi connectivity index (χ0) is 27.0. The summed E-state index contributed by atoms with van der Waals surface area (Å²) in [6.45, 7) is 4.60. The number of imidazole rings is 1. The quantitative estimate of drug-likeness (QED) is 0.283. The van der Waals surface area contributed by atoms with Crippen molar-refractivity contribution >= 4 is 17.4 Å². The Balaban J connectivity index is 1.50. The number of hydrogen-bond acceptors (Lipinski definition) is 6. The standard InChI is InChI=1S/C26H22F4N6O2/c1-2-22(37)35-11-3-4-15(14-35)23-20-8-10-33-25(31)36(20)24(34-23)18-6-5-17(13-19(18)27)38-21-12-16(7-9-32-21)26(28,29)30/h2,5-10,12-13,15H,1,3-4,11,14H2,(H2,31,33). The molecule has 12 heteroatoms. The van der Waals surface area contributed by atoms with Gasteiger partial charge in [0.2, 0.25) is 17.7 Å². The van der Waals surface area contributed by atoms with E-state index in [9.17, 15) is 18.0 Å². The number of hydrogen-bond donors (Lipinski definition) is 1. The minimum Gasteiger partial charge on any atom is -0.439 e. The van der Waals surface area contributed by atoms with Crippen LogP contribution in [0.4, 0.5) is 23.5 Å². The number of benzene rings is 1. The predicted molar refractivity (Wildman–Crippen MR) is 131 cm³/mol. The average Bonchev–Trinajstić information content (AvgIpc) is 3.29. The van der Waals surface area contributed by atoms with E-state index in [0.717, 1.165) is 37.2 Å². The Labute approximate surface area is 214 Å². The van der Waals surface area contributed by atoms with Gasteiger partial charge in [0.1, 0.15) is 11.6 Å². The van der Waals surface area contributed by atoms with Gasteiger partial charge in [0, 0.05) is 43.5 Å². The maximum Gasteiger partial charge on any atom is 0.416 e. The minimum atomic E-state index is -4.57. The monoisotopic (exact) mass is 526 g/mol. The van der Waals surface area contributed by atoms with Crippen LogP contribution in [0.25, 0.3) is 16.9 Å². The molecule has 2 N–H and O–H groups in total. The van der Waals surface area contributed by atoms with E-state index in [1.54, 1.807) is 11.0 Å². The van der Waals surface area contributed by atoms with Crippen molar-refractivity contribution in [1.29, 1.82) is 0 Å². The first-order valence-electron chi connectivity index (χ1n) is 11.7. The van der Waals surface area contributed by atoms with Gasteiger partial charge in [-0.15, -0.1) is 0 Å². The van der Waals surface area contributed by atoms with Gasteiger partial charge in [-0.05, 0) is 43.2 Å². The Hall–Kier alpha value is -4.48. The lowest BCUT2D eigenvalue weighted by molar-refractivity contribution is -0.137. The van der Waals surface area contributed by atoms with E-state index in [4.69, 9.17) is 15.5 Å². The number of nitrogens with two attached hydrogens (primary N) is 1. The van der Waals surface area contributed by atoms with Gasteiger partial charge in [-0.1, -0.05) is 6.58 Å². The molecule has 1 aliphatic rings. The van der Waals surface area contributed by atoms with Crippen molar-refractivity contribution in [2.45, 2.75) is 24.9 Å². The second kappa shape index (κ2) is 9.77. The third-order valence-corrected chi connectivity index (χ3v) is 6.37. The SMILES string of the molecule is C=CC(=O)N1CCCC(c2nc(-c3ccc(Oc4cc(C(F)(F)F)ccn4)cc3F)n3c(N)nccc23)C1. The number of carbonyl (C=O) groups is 1. The van der Waals surface area contributed by atoms with Crippen molar-refractivity contribution in [3.8, 4) is 23.0 Å². The van der Waals surface area contributed by atoms with Crippen molar-refractivity contribution in [1.82, 2.24) is 24.3 Å². The first kappa shape index (κ1) is 25.2. The molecular formula is C26H22F4N6O2. The maximum absolute atomic E-state index is 15.4. The summed E-state index contributed by atoms with van der Waals surface area (Å²) in [4.78, 5) is 26.5. The van der Waals surface area contributed by atoms with Gasteiger partial charge in [0.15, 0.2) is 5.82 Å². The van der Waals surface area contributed by atoms with Crippen molar-refractivity contribution in [3.63, 3.8) is 0 Å². The summed E-state index contributed by atoms with van der Waals surface area (Å²) in [5.74, 6) is -1.09. The number of halogens is 4. The number of rotatable bonds is 5. The average molecular weight is 526 g/mol. The van der Waals surface area contributed by atoms with Crippen molar-refractivity contribution in [2.24, 2.45) is 0 Å². The number of likely N-dealkylation sites (tertiary alicyclic amines) is 1. The number of carbonyl (C=O) groups excluding carboxylic acids is 1. The van der Waals surface area contributed by atoms with E-state index in [2.05, 4.69) is 16.5 Å². The van der Waals surface area contributed by atoms with Gasteiger partial charge in [-0.25, -0.2) is 19.3 Å². The molecule has 38 heavy (non-hydrogen) atoms. The van der Waals surface area contributed by atoms with Gasteiger partial charge in [-0.2, -0.15) is 13.2 Å². The number of nitrogen functional groups attached to an aromatic ring is 1. The molecule has 8 nitrogen and oxygen atoms in total. The third-order valence-electron chi connectivity index (χ3n) is 6.37. The van der Waals surface area contributed by atoms with Crippen LogP contribution in [0.3, 0.4) is 0 Å². The fraction of sp³-hybridized carbons (Fsp3) is 0.231. The summed E-state index contributed by atoms with van der Waals surface area (Å²) >= 11 is 0. The smallest absolute Gasteiger partial charge is 0.416 e. The number of aromatic nitrogens is 4. The number of alkyl halides is 3. The van der Waals surface area contributed by atoms with E-state index in [0.29, 0.717) is 24.3 Å². The van der Waals surface area contributed by atoms with Crippen LogP contribution in [0.2, 0.25) is 0 Å². The van der Waals surface area contributed by atoms with E-state index in [1.807, 2.05) is 0 Å². The fourth-order valence-corrected chi connectivity index (χ4v) is 4.60. The van der Waals surface area contributed by atoms with Gasteiger partial charge < -0.3 is 15.4 Å². The molecule has 1 fully saturated rings. The normalized spacial score (nSPS) is 16.0. The lowest BCUT2D eigenvalue weighted by atomic mass is 9.94. The Morgan fingerprint density at radius 3 is 2.68 bits per heavy atom. The first-order valence-corrected chi connectivity index (χ1v) is 11.7. The van der Waals surface area contributed by atoms with Crippen LogP contribution in [0, 0.1) is 5.82 Å². The van der Waals surface area contributed by atoms with Crippen LogP contribution in [-0.2, 0) is 11.0 Å². The highest BCUT2D eigenvalue weighted by Gasteiger charge is 2.31. The Morgan fingerprint density at radius 2 is 1.95 bits per heavy atom. The Morgan fingerprint density at radius 1 is 1.16 bits per heavy atom. The van der Waals surface area contributed by atoms with Crippen LogP contribution >= 0.6 is 0 Å². The molecule has 0 saturated carbocycles. The largest absolute Gasteiger partial charge is 0.439 e. The predicted octanol–water partition coefficient (Wildman–Crippen LogP) is 5.22. The highest BCUT2D eigenvalue weighted by Crippen LogP contribution is 2.36. The fourth-order valence-electron chi connectivity index (χ4n) is 4.60. The molecule has 1 aromatic carbocycles. The number of pyridine rings is 1. The van der Waals surface area contributed by atoms with Gasteiger partial charge in [0.25, 0.3) is 0 Å². The van der Waals surface area contributed by atoms with Crippen molar-refractivity contribution in [3.05, 3.63) is 78.5 Å². The molecule has 1 amide bonds. The number of ether oxygens (including phenoxy) is 1. The zero-order valence-electron chi connectivity index (χ0n) is 20.0. The van der Waals surface area contributed by atoms with E-state index in [-0.39, 0.29) is 40.8 Å². The molecule has 0 bridgehead atoms. The number of anilines is 1. The van der Waals surface area contributed by atoms with Crippen LogP contribution in [0.5, 0.6) is 11.6 Å². The second-order valence-corrected chi connectivity index (χ2v) is 8.80. The maximum atomic E-state index is 15.4. The van der Waals surface area contributed by atoms with Crippen LogP contribution in [0.1, 0.15) is 30.0 Å². The zero-order valence-corrected chi connectivity index (χ0v) is 20.0. The molecule has 1 atom stereocenters. The topological polar surface area (TPSA) is 98.6 Å². The molecule has 0 radical (unpaired) electrons. The molecule has 5 rings (SSSR count). The highest BCUT2D eigenvalue weighted by atomic mass is 19.4. The molecule has 196 valence electrons. The van der Waals surface area contributed by atoms with Crippen LogP contribution in [0.15, 0.2) is 61.4 Å². The second-order valence-electron chi connectivity index (χ2n) is 8.80. The first-order chi connectivity index (χ1) is 18.2.